The molecule has 1 aliphatic carbocycles. The third-order valence-electron chi connectivity index (χ3n) is 2.84. The molecule has 1 N–H and O–H groups in total. The summed E-state index contributed by atoms with van der Waals surface area (Å²) in [7, 11) is 0. The van der Waals surface area contributed by atoms with Crippen molar-refractivity contribution in [1.82, 2.24) is 9.55 Å². The third kappa shape index (κ3) is 3.56. The monoisotopic (exact) mass is 237 g/mol. The lowest BCUT2D eigenvalue weighted by Crippen LogP contribution is -2.25. The lowest BCUT2D eigenvalue weighted by molar-refractivity contribution is 0.134. The zero-order valence-corrected chi connectivity index (χ0v) is 10.2. The number of hydrogen-bond donors (Lipinski definition) is 1. The van der Waals surface area contributed by atoms with Gasteiger partial charge in [0.05, 0.1) is 6.61 Å². The Balaban J connectivity index is 1.75. The maximum absolute atomic E-state index is 11.8. The molecule has 0 atom stereocenters. The van der Waals surface area contributed by atoms with Gasteiger partial charge in [-0.1, -0.05) is 0 Å². The largest absolute Gasteiger partial charge is 0.379 e. The maximum Gasteiger partial charge on any atom is 0.293 e. The van der Waals surface area contributed by atoms with Crippen LogP contribution in [0.5, 0.6) is 0 Å². The van der Waals surface area contributed by atoms with E-state index in [0.717, 1.165) is 12.5 Å². The van der Waals surface area contributed by atoms with E-state index in [0.29, 0.717) is 25.5 Å². The van der Waals surface area contributed by atoms with E-state index in [2.05, 4.69) is 10.3 Å². The summed E-state index contributed by atoms with van der Waals surface area (Å²) in [6, 6.07) is 0. The van der Waals surface area contributed by atoms with Gasteiger partial charge in [-0.3, -0.25) is 4.79 Å². The van der Waals surface area contributed by atoms with Crippen molar-refractivity contribution in [3.05, 3.63) is 22.7 Å². The molecule has 1 fully saturated rings. The number of nitrogens with zero attached hydrogens (tertiary/aromatic N) is 2. The van der Waals surface area contributed by atoms with Crippen molar-refractivity contribution in [2.45, 2.75) is 26.3 Å². The van der Waals surface area contributed by atoms with Crippen LogP contribution in [0, 0.1) is 5.92 Å². The summed E-state index contributed by atoms with van der Waals surface area (Å²) in [6.07, 6.45) is 5.93. The van der Waals surface area contributed by atoms with E-state index >= 15 is 0 Å². The molecule has 5 nitrogen and oxygen atoms in total. The van der Waals surface area contributed by atoms with Crippen molar-refractivity contribution in [3.63, 3.8) is 0 Å². The molecule has 5 heteroatoms. The fraction of sp³-hybridized carbons (Fsp3) is 0.667. The molecule has 2 rings (SSSR count). The van der Waals surface area contributed by atoms with Crippen LogP contribution in [0.1, 0.15) is 19.8 Å². The Morgan fingerprint density at radius 1 is 1.59 bits per heavy atom. The molecule has 0 aliphatic heterocycles. The molecule has 0 spiro atoms. The summed E-state index contributed by atoms with van der Waals surface area (Å²) in [5.74, 6) is 1.19. The first-order valence-electron chi connectivity index (χ1n) is 6.18. The molecule has 94 valence electrons. The minimum Gasteiger partial charge on any atom is -0.379 e. The van der Waals surface area contributed by atoms with Crippen LogP contribution in [-0.4, -0.2) is 29.3 Å². The van der Waals surface area contributed by atoms with Gasteiger partial charge in [0.2, 0.25) is 0 Å². The average Bonchev–Trinajstić information content (AvgIpc) is 3.15. The molecular weight excluding hydrogens is 218 g/mol. The summed E-state index contributed by atoms with van der Waals surface area (Å²) in [4.78, 5) is 15.8. The van der Waals surface area contributed by atoms with E-state index < -0.39 is 0 Å². The Morgan fingerprint density at radius 2 is 2.41 bits per heavy atom. The second-order valence-electron chi connectivity index (χ2n) is 4.31. The van der Waals surface area contributed by atoms with Crippen molar-refractivity contribution in [2.24, 2.45) is 5.92 Å². The average molecular weight is 237 g/mol. The van der Waals surface area contributed by atoms with Crippen LogP contribution in [0.15, 0.2) is 17.2 Å². The van der Waals surface area contributed by atoms with E-state index in [1.54, 1.807) is 17.0 Å². The molecule has 1 aliphatic rings. The van der Waals surface area contributed by atoms with Gasteiger partial charge in [0.1, 0.15) is 0 Å². The Labute approximate surface area is 101 Å². The molecular formula is C12H19N3O2. The lowest BCUT2D eigenvalue weighted by atomic mass is 10.5. The number of ether oxygens (including phenoxy) is 1. The molecule has 0 amide bonds. The predicted molar refractivity (Wildman–Crippen MR) is 66.2 cm³/mol. The Morgan fingerprint density at radius 3 is 3.12 bits per heavy atom. The van der Waals surface area contributed by atoms with Crippen molar-refractivity contribution >= 4 is 5.82 Å². The smallest absolute Gasteiger partial charge is 0.293 e. The lowest BCUT2D eigenvalue weighted by Gasteiger charge is -2.07. The van der Waals surface area contributed by atoms with Crippen LogP contribution in [0.3, 0.4) is 0 Å². The number of hydrogen-bond acceptors (Lipinski definition) is 4. The van der Waals surface area contributed by atoms with E-state index in [4.69, 9.17) is 4.74 Å². The van der Waals surface area contributed by atoms with Crippen LogP contribution in [0.4, 0.5) is 5.82 Å². The standard InChI is InChI=1S/C12H19N3O2/c1-2-15-7-5-13-11(12(15)16)14-6-8-17-9-10-3-4-10/h5,7,10H,2-4,6,8-9H2,1H3,(H,13,14). The molecule has 0 bridgehead atoms. The Hall–Kier alpha value is -1.36. The number of aromatic nitrogens is 2. The Kier molecular flexibility index (Phi) is 4.14. The topological polar surface area (TPSA) is 56.1 Å². The molecule has 1 aromatic rings. The zero-order valence-electron chi connectivity index (χ0n) is 10.2. The molecule has 0 unspecified atom stereocenters. The Bertz CT molecular complexity index is 412. The first-order valence-corrected chi connectivity index (χ1v) is 6.18. The highest BCUT2D eigenvalue weighted by atomic mass is 16.5. The minimum absolute atomic E-state index is 0.0720. The van der Waals surface area contributed by atoms with Gasteiger partial charge in [0.25, 0.3) is 5.56 Å². The predicted octanol–water partition coefficient (Wildman–Crippen LogP) is 1.10. The van der Waals surface area contributed by atoms with E-state index in [1.807, 2.05) is 6.92 Å². The second kappa shape index (κ2) is 5.82. The summed E-state index contributed by atoms with van der Waals surface area (Å²) < 4.78 is 7.10. The first kappa shape index (κ1) is 12.1. The molecule has 1 saturated carbocycles. The third-order valence-corrected chi connectivity index (χ3v) is 2.84. The van der Waals surface area contributed by atoms with E-state index in [9.17, 15) is 4.79 Å². The van der Waals surface area contributed by atoms with Crippen LogP contribution >= 0.6 is 0 Å². The van der Waals surface area contributed by atoms with Crippen molar-refractivity contribution < 1.29 is 4.74 Å². The zero-order chi connectivity index (χ0) is 12.1. The summed E-state index contributed by atoms with van der Waals surface area (Å²) in [6.45, 7) is 4.70. The summed E-state index contributed by atoms with van der Waals surface area (Å²) in [5.41, 5.74) is -0.0720. The summed E-state index contributed by atoms with van der Waals surface area (Å²) >= 11 is 0. The second-order valence-corrected chi connectivity index (χ2v) is 4.31. The van der Waals surface area contributed by atoms with Gasteiger partial charge in [-0.05, 0) is 25.7 Å². The SMILES string of the molecule is CCn1ccnc(NCCOCC2CC2)c1=O. The van der Waals surface area contributed by atoms with Crippen molar-refractivity contribution in [3.8, 4) is 0 Å². The van der Waals surface area contributed by atoms with Gasteiger partial charge in [-0.25, -0.2) is 4.98 Å². The highest BCUT2D eigenvalue weighted by Crippen LogP contribution is 2.28. The van der Waals surface area contributed by atoms with Crippen LogP contribution < -0.4 is 10.9 Å². The van der Waals surface area contributed by atoms with Gasteiger partial charge < -0.3 is 14.6 Å². The minimum atomic E-state index is -0.0720. The van der Waals surface area contributed by atoms with Gasteiger partial charge >= 0.3 is 0 Å². The molecule has 1 aromatic heterocycles. The maximum atomic E-state index is 11.8. The fourth-order valence-corrected chi connectivity index (χ4v) is 1.59. The van der Waals surface area contributed by atoms with Gasteiger partial charge in [-0.2, -0.15) is 0 Å². The van der Waals surface area contributed by atoms with Gasteiger partial charge in [-0.15, -0.1) is 0 Å². The van der Waals surface area contributed by atoms with Crippen molar-refractivity contribution in [1.29, 1.82) is 0 Å². The highest BCUT2D eigenvalue weighted by molar-refractivity contribution is 5.30. The van der Waals surface area contributed by atoms with Crippen LogP contribution in [-0.2, 0) is 11.3 Å². The number of anilines is 1. The quantitative estimate of drug-likeness (QED) is 0.722. The van der Waals surface area contributed by atoms with E-state index in [1.165, 1.54) is 12.8 Å². The van der Waals surface area contributed by atoms with Gasteiger partial charge in [0.15, 0.2) is 5.82 Å². The van der Waals surface area contributed by atoms with E-state index in [-0.39, 0.29) is 5.56 Å². The highest BCUT2D eigenvalue weighted by Gasteiger charge is 2.20. The molecule has 0 radical (unpaired) electrons. The number of rotatable bonds is 7. The summed E-state index contributed by atoms with van der Waals surface area (Å²) in [5, 5.41) is 3.01. The molecule has 0 saturated heterocycles. The molecule has 17 heavy (non-hydrogen) atoms. The molecule has 1 heterocycles. The van der Waals surface area contributed by atoms with Crippen molar-refractivity contribution in [2.75, 3.05) is 25.1 Å². The van der Waals surface area contributed by atoms with Gasteiger partial charge in [0, 0.05) is 32.1 Å². The van der Waals surface area contributed by atoms with Crippen LogP contribution in [0.25, 0.3) is 0 Å². The fourth-order valence-electron chi connectivity index (χ4n) is 1.59. The first-order chi connectivity index (χ1) is 8.31. The molecule has 0 aromatic carbocycles. The normalized spacial score (nSPS) is 14.9. The van der Waals surface area contributed by atoms with Crippen LogP contribution in [0.2, 0.25) is 0 Å². The number of nitrogens with one attached hydrogen (secondary N) is 1. The number of aryl methyl sites for hydroxylation is 1.